The van der Waals surface area contributed by atoms with Gasteiger partial charge in [-0.2, -0.15) is 0 Å². The molecular weight excluding hydrogens is 286 g/mol. The molecule has 1 aromatic rings. The summed E-state index contributed by atoms with van der Waals surface area (Å²) in [7, 11) is 0. The van der Waals surface area contributed by atoms with E-state index < -0.39 is 5.97 Å². The standard InChI is InChI=1S/C17H20ClNO2/c1-16(2)12-8-9-17(16,3)14(10-12)19-21-15(20)11-4-6-13(18)7-5-11/h4-7,12H,8-10H2,1-3H3/b19-14-/t12-,17+/m0/s1. The highest BCUT2D eigenvalue weighted by Crippen LogP contribution is 2.63. The molecule has 21 heavy (non-hydrogen) atoms. The highest BCUT2D eigenvalue weighted by atomic mass is 35.5. The van der Waals surface area contributed by atoms with Gasteiger partial charge in [-0.15, -0.1) is 0 Å². The van der Waals surface area contributed by atoms with Crippen LogP contribution in [-0.4, -0.2) is 11.7 Å². The molecule has 3 rings (SSSR count). The zero-order chi connectivity index (χ0) is 15.3. The highest BCUT2D eigenvalue weighted by molar-refractivity contribution is 6.30. The third-order valence-corrected chi connectivity index (χ3v) is 6.08. The smallest absolute Gasteiger partial charge is 0.313 e. The van der Waals surface area contributed by atoms with Crippen molar-refractivity contribution in [2.45, 2.75) is 40.0 Å². The second-order valence-corrected chi connectivity index (χ2v) is 7.35. The van der Waals surface area contributed by atoms with Gasteiger partial charge in [0.1, 0.15) is 0 Å². The molecule has 0 amide bonds. The second-order valence-electron chi connectivity index (χ2n) is 6.92. The molecule has 0 radical (unpaired) electrons. The first kappa shape index (κ1) is 14.6. The van der Waals surface area contributed by atoms with Gasteiger partial charge in [0.05, 0.1) is 11.3 Å². The lowest BCUT2D eigenvalue weighted by Crippen LogP contribution is -2.32. The second kappa shape index (κ2) is 4.84. The lowest BCUT2D eigenvalue weighted by molar-refractivity contribution is 0.0508. The SMILES string of the molecule is CC1(C)[C@H]2CC[C@]1(C)/C(=N\OC(=O)c1ccc(Cl)cc1)C2. The average Bonchev–Trinajstić information content (AvgIpc) is 2.78. The molecule has 2 aliphatic carbocycles. The average molecular weight is 306 g/mol. The maximum atomic E-state index is 12.0. The van der Waals surface area contributed by atoms with Gasteiger partial charge in [-0.05, 0) is 54.9 Å². The summed E-state index contributed by atoms with van der Waals surface area (Å²) in [6.45, 7) is 6.84. The van der Waals surface area contributed by atoms with Crippen molar-refractivity contribution in [2.24, 2.45) is 21.9 Å². The van der Waals surface area contributed by atoms with Crippen LogP contribution in [-0.2, 0) is 4.84 Å². The first-order valence-corrected chi connectivity index (χ1v) is 7.77. The minimum atomic E-state index is -0.427. The summed E-state index contributed by atoms with van der Waals surface area (Å²) < 4.78 is 0. The van der Waals surface area contributed by atoms with Crippen LogP contribution in [0, 0.1) is 16.7 Å². The molecular formula is C17H20ClNO2. The van der Waals surface area contributed by atoms with Crippen LogP contribution in [0.1, 0.15) is 50.4 Å². The largest absolute Gasteiger partial charge is 0.365 e. The van der Waals surface area contributed by atoms with E-state index in [-0.39, 0.29) is 10.8 Å². The Labute approximate surface area is 130 Å². The van der Waals surface area contributed by atoms with Crippen LogP contribution in [0.25, 0.3) is 0 Å². The summed E-state index contributed by atoms with van der Waals surface area (Å²) in [5.74, 6) is 0.221. The van der Waals surface area contributed by atoms with Crippen molar-refractivity contribution in [3.8, 4) is 0 Å². The topological polar surface area (TPSA) is 38.7 Å². The zero-order valence-electron chi connectivity index (χ0n) is 12.6. The van der Waals surface area contributed by atoms with Gasteiger partial charge in [-0.3, -0.25) is 0 Å². The number of hydrogen-bond acceptors (Lipinski definition) is 3. The molecule has 4 heteroatoms. The zero-order valence-corrected chi connectivity index (χ0v) is 13.4. The molecule has 0 aromatic heterocycles. The maximum Gasteiger partial charge on any atom is 0.365 e. The molecule has 2 bridgehead atoms. The van der Waals surface area contributed by atoms with E-state index in [0.717, 1.165) is 18.6 Å². The van der Waals surface area contributed by atoms with E-state index in [1.165, 1.54) is 6.42 Å². The number of nitrogens with zero attached hydrogens (tertiary/aromatic N) is 1. The van der Waals surface area contributed by atoms with Crippen LogP contribution in [0.5, 0.6) is 0 Å². The van der Waals surface area contributed by atoms with E-state index in [9.17, 15) is 4.79 Å². The van der Waals surface area contributed by atoms with Crippen molar-refractivity contribution in [1.29, 1.82) is 0 Å². The van der Waals surface area contributed by atoms with Gasteiger partial charge < -0.3 is 4.84 Å². The van der Waals surface area contributed by atoms with E-state index in [0.29, 0.717) is 16.5 Å². The van der Waals surface area contributed by atoms with Gasteiger partial charge >= 0.3 is 5.97 Å². The molecule has 2 atom stereocenters. The summed E-state index contributed by atoms with van der Waals surface area (Å²) in [4.78, 5) is 17.2. The summed E-state index contributed by atoms with van der Waals surface area (Å²) in [6.07, 6.45) is 3.31. The molecule has 2 aliphatic rings. The number of halogens is 1. The molecule has 1 aromatic carbocycles. The lowest BCUT2D eigenvalue weighted by atomic mass is 9.70. The van der Waals surface area contributed by atoms with E-state index in [4.69, 9.17) is 16.4 Å². The molecule has 3 nitrogen and oxygen atoms in total. The fraction of sp³-hybridized carbons (Fsp3) is 0.529. The number of benzene rings is 1. The molecule has 0 unspecified atom stereocenters. The van der Waals surface area contributed by atoms with E-state index in [2.05, 4.69) is 25.9 Å². The Balaban J connectivity index is 1.76. The number of hydrogen-bond donors (Lipinski definition) is 0. The monoisotopic (exact) mass is 305 g/mol. The van der Waals surface area contributed by atoms with Crippen molar-refractivity contribution in [1.82, 2.24) is 0 Å². The van der Waals surface area contributed by atoms with Gasteiger partial charge in [0.2, 0.25) is 0 Å². The first-order valence-electron chi connectivity index (χ1n) is 7.39. The number of oxime groups is 1. The number of carbonyl (C=O) groups is 1. The minimum Gasteiger partial charge on any atom is -0.313 e. The van der Waals surface area contributed by atoms with Crippen molar-refractivity contribution < 1.29 is 9.63 Å². The number of carbonyl (C=O) groups excluding carboxylic acids is 1. The Morgan fingerprint density at radius 1 is 1.29 bits per heavy atom. The van der Waals surface area contributed by atoms with Crippen LogP contribution < -0.4 is 0 Å². The Morgan fingerprint density at radius 3 is 2.48 bits per heavy atom. The van der Waals surface area contributed by atoms with Crippen molar-refractivity contribution in [3.05, 3.63) is 34.9 Å². The van der Waals surface area contributed by atoms with Crippen LogP contribution in [0.15, 0.2) is 29.4 Å². The predicted molar refractivity (Wildman–Crippen MR) is 83.5 cm³/mol. The van der Waals surface area contributed by atoms with Crippen molar-refractivity contribution in [2.75, 3.05) is 0 Å². The van der Waals surface area contributed by atoms with Gasteiger partial charge in [0.15, 0.2) is 0 Å². The Kier molecular flexibility index (Phi) is 3.36. The first-order chi connectivity index (χ1) is 9.84. The van der Waals surface area contributed by atoms with Gasteiger partial charge in [-0.1, -0.05) is 37.5 Å². The van der Waals surface area contributed by atoms with Gasteiger partial charge in [-0.25, -0.2) is 4.79 Å². The maximum absolute atomic E-state index is 12.0. The molecule has 112 valence electrons. The summed E-state index contributed by atoms with van der Waals surface area (Å²) in [5, 5.41) is 4.80. The quantitative estimate of drug-likeness (QED) is 0.587. The Morgan fingerprint density at radius 2 is 1.95 bits per heavy atom. The van der Waals surface area contributed by atoms with Crippen LogP contribution in [0.4, 0.5) is 0 Å². The minimum absolute atomic E-state index is 0.0535. The molecule has 0 spiro atoms. The Hall–Kier alpha value is -1.35. The van der Waals surface area contributed by atoms with Crippen molar-refractivity contribution >= 4 is 23.3 Å². The lowest BCUT2D eigenvalue weighted by Gasteiger charge is -2.34. The van der Waals surface area contributed by atoms with Crippen LogP contribution in [0.3, 0.4) is 0 Å². The predicted octanol–water partition coefficient (Wildman–Crippen LogP) is 4.70. The van der Waals surface area contributed by atoms with Gasteiger partial charge in [0, 0.05) is 10.4 Å². The highest BCUT2D eigenvalue weighted by Gasteiger charge is 2.60. The number of rotatable bonds is 2. The third-order valence-electron chi connectivity index (χ3n) is 5.83. The molecule has 2 fully saturated rings. The molecule has 0 N–H and O–H groups in total. The van der Waals surface area contributed by atoms with Crippen molar-refractivity contribution in [3.63, 3.8) is 0 Å². The normalized spacial score (nSPS) is 31.6. The fourth-order valence-electron chi connectivity index (χ4n) is 3.80. The van der Waals surface area contributed by atoms with Gasteiger partial charge in [0.25, 0.3) is 0 Å². The summed E-state index contributed by atoms with van der Waals surface area (Å²) in [5.41, 5.74) is 1.79. The Bertz CT molecular complexity index is 606. The summed E-state index contributed by atoms with van der Waals surface area (Å²) in [6, 6.07) is 6.65. The van der Waals surface area contributed by atoms with Crippen LogP contribution in [0.2, 0.25) is 5.02 Å². The molecule has 0 heterocycles. The number of fused-ring (bicyclic) bond motifs is 2. The molecule has 0 aliphatic heterocycles. The van der Waals surface area contributed by atoms with E-state index in [1.54, 1.807) is 24.3 Å². The van der Waals surface area contributed by atoms with E-state index >= 15 is 0 Å². The summed E-state index contributed by atoms with van der Waals surface area (Å²) >= 11 is 5.81. The third kappa shape index (κ3) is 2.18. The molecule has 0 saturated heterocycles. The molecule has 2 saturated carbocycles. The fourth-order valence-corrected chi connectivity index (χ4v) is 3.93. The van der Waals surface area contributed by atoms with E-state index in [1.807, 2.05) is 0 Å². The van der Waals surface area contributed by atoms with Crippen LogP contribution >= 0.6 is 11.6 Å².